The summed E-state index contributed by atoms with van der Waals surface area (Å²) in [5.41, 5.74) is 5.59. The zero-order valence-corrected chi connectivity index (χ0v) is 11.4. The molecule has 1 unspecified atom stereocenters. The SMILES string of the molecule is COCC1CCN(C(CCCN)COC)CC1. The van der Waals surface area contributed by atoms with E-state index in [1.54, 1.807) is 14.2 Å². The van der Waals surface area contributed by atoms with E-state index in [4.69, 9.17) is 15.2 Å². The van der Waals surface area contributed by atoms with Crippen LogP contribution in [0.5, 0.6) is 0 Å². The maximum absolute atomic E-state index is 5.59. The number of nitrogens with zero attached hydrogens (tertiary/aromatic N) is 1. The van der Waals surface area contributed by atoms with Gasteiger partial charge >= 0.3 is 0 Å². The van der Waals surface area contributed by atoms with E-state index in [0.29, 0.717) is 6.04 Å². The molecular weight excluding hydrogens is 216 g/mol. The van der Waals surface area contributed by atoms with Gasteiger partial charge in [-0.15, -0.1) is 0 Å². The maximum Gasteiger partial charge on any atom is 0.0618 e. The molecule has 0 aliphatic carbocycles. The smallest absolute Gasteiger partial charge is 0.0618 e. The van der Waals surface area contributed by atoms with Crippen LogP contribution in [0.4, 0.5) is 0 Å². The molecule has 1 atom stereocenters. The lowest BCUT2D eigenvalue weighted by Crippen LogP contribution is -2.44. The monoisotopic (exact) mass is 244 g/mol. The van der Waals surface area contributed by atoms with Crippen LogP contribution in [0.15, 0.2) is 0 Å². The summed E-state index contributed by atoms with van der Waals surface area (Å²) in [6, 6.07) is 0.548. The van der Waals surface area contributed by atoms with Crippen molar-refractivity contribution in [3.8, 4) is 0 Å². The second kappa shape index (κ2) is 8.86. The molecule has 0 aromatic heterocycles. The lowest BCUT2D eigenvalue weighted by atomic mass is 9.96. The Kier molecular flexibility index (Phi) is 7.77. The Balaban J connectivity index is 2.31. The Morgan fingerprint density at radius 1 is 1.24 bits per heavy atom. The number of methoxy groups -OCH3 is 2. The summed E-state index contributed by atoms with van der Waals surface area (Å²) < 4.78 is 10.6. The van der Waals surface area contributed by atoms with E-state index >= 15 is 0 Å². The van der Waals surface area contributed by atoms with Crippen LogP contribution in [0.25, 0.3) is 0 Å². The molecule has 0 spiro atoms. The number of nitrogens with two attached hydrogens (primary N) is 1. The van der Waals surface area contributed by atoms with Crippen molar-refractivity contribution >= 4 is 0 Å². The maximum atomic E-state index is 5.59. The fraction of sp³-hybridized carbons (Fsp3) is 1.00. The minimum atomic E-state index is 0.548. The highest BCUT2D eigenvalue weighted by atomic mass is 16.5. The number of rotatable bonds is 8. The first-order chi connectivity index (χ1) is 8.31. The lowest BCUT2D eigenvalue weighted by molar-refractivity contribution is 0.0424. The van der Waals surface area contributed by atoms with Gasteiger partial charge in [-0.1, -0.05) is 0 Å². The largest absolute Gasteiger partial charge is 0.384 e. The summed E-state index contributed by atoms with van der Waals surface area (Å²) in [5.74, 6) is 0.744. The number of hydrogen-bond donors (Lipinski definition) is 1. The fourth-order valence-corrected chi connectivity index (χ4v) is 2.64. The van der Waals surface area contributed by atoms with Gasteiger partial charge in [-0.3, -0.25) is 4.90 Å². The molecule has 17 heavy (non-hydrogen) atoms. The predicted octanol–water partition coefficient (Wildman–Crippen LogP) is 1.10. The fourth-order valence-electron chi connectivity index (χ4n) is 2.64. The van der Waals surface area contributed by atoms with Crippen LogP contribution in [0, 0.1) is 5.92 Å². The molecule has 1 aliphatic heterocycles. The van der Waals surface area contributed by atoms with Gasteiger partial charge in [0.25, 0.3) is 0 Å². The number of ether oxygens (including phenoxy) is 2. The highest BCUT2D eigenvalue weighted by molar-refractivity contribution is 4.78. The van der Waals surface area contributed by atoms with E-state index in [-0.39, 0.29) is 0 Å². The van der Waals surface area contributed by atoms with Crippen LogP contribution in [-0.4, -0.2) is 58.0 Å². The normalized spacial score (nSPS) is 20.6. The van der Waals surface area contributed by atoms with Crippen molar-refractivity contribution in [1.29, 1.82) is 0 Å². The molecule has 2 N–H and O–H groups in total. The van der Waals surface area contributed by atoms with Crippen molar-refractivity contribution in [3.63, 3.8) is 0 Å². The second-order valence-electron chi connectivity index (χ2n) is 4.97. The van der Waals surface area contributed by atoms with Crippen LogP contribution >= 0.6 is 0 Å². The van der Waals surface area contributed by atoms with Gasteiger partial charge in [0.1, 0.15) is 0 Å². The third-order valence-electron chi connectivity index (χ3n) is 3.67. The predicted molar refractivity (Wildman–Crippen MR) is 70.1 cm³/mol. The third-order valence-corrected chi connectivity index (χ3v) is 3.67. The molecule has 0 saturated carbocycles. The van der Waals surface area contributed by atoms with Gasteiger partial charge in [0.15, 0.2) is 0 Å². The zero-order valence-electron chi connectivity index (χ0n) is 11.4. The highest BCUT2D eigenvalue weighted by Crippen LogP contribution is 2.20. The average Bonchev–Trinajstić information content (AvgIpc) is 2.36. The van der Waals surface area contributed by atoms with Gasteiger partial charge in [-0.2, -0.15) is 0 Å². The molecular formula is C13H28N2O2. The molecule has 1 heterocycles. The first-order valence-corrected chi connectivity index (χ1v) is 6.73. The molecule has 0 bridgehead atoms. The molecule has 0 radical (unpaired) electrons. The summed E-state index contributed by atoms with van der Waals surface area (Å²) in [6.45, 7) is 4.86. The summed E-state index contributed by atoms with van der Waals surface area (Å²) in [5, 5.41) is 0. The molecule has 1 saturated heterocycles. The Labute approximate surface area is 105 Å². The van der Waals surface area contributed by atoms with E-state index in [0.717, 1.165) is 38.5 Å². The van der Waals surface area contributed by atoms with Gasteiger partial charge in [-0.25, -0.2) is 0 Å². The Bertz CT molecular complexity index is 182. The number of hydrogen-bond acceptors (Lipinski definition) is 4. The van der Waals surface area contributed by atoms with E-state index in [1.807, 2.05) is 0 Å². The van der Waals surface area contributed by atoms with Crippen LogP contribution in [0.2, 0.25) is 0 Å². The summed E-state index contributed by atoms with van der Waals surface area (Å²) in [6.07, 6.45) is 4.73. The van der Waals surface area contributed by atoms with E-state index in [9.17, 15) is 0 Å². The van der Waals surface area contributed by atoms with Crippen molar-refractivity contribution in [2.24, 2.45) is 11.7 Å². The van der Waals surface area contributed by atoms with Gasteiger partial charge < -0.3 is 15.2 Å². The lowest BCUT2D eigenvalue weighted by Gasteiger charge is -2.37. The van der Waals surface area contributed by atoms with Crippen molar-refractivity contribution in [1.82, 2.24) is 4.90 Å². The van der Waals surface area contributed by atoms with Gasteiger partial charge in [-0.05, 0) is 51.2 Å². The number of piperidine rings is 1. The summed E-state index contributed by atoms with van der Waals surface area (Å²) in [4.78, 5) is 2.56. The van der Waals surface area contributed by atoms with Crippen LogP contribution in [0.3, 0.4) is 0 Å². The van der Waals surface area contributed by atoms with E-state index in [1.165, 1.54) is 25.9 Å². The van der Waals surface area contributed by atoms with Crippen LogP contribution in [0.1, 0.15) is 25.7 Å². The molecule has 4 nitrogen and oxygen atoms in total. The minimum Gasteiger partial charge on any atom is -0.384 e. The van der Waals surface area contributed by atoms with Crippen molar-refractivity contribution < 1.29 is 9.47 Å². The zero-order chi connectivity index (χ0) is 12.5. The Morgan fingerprint density at radius 3 is 2.47 bits per heavy atom. The van der Waals surface area contributed by atoms with Crippen molar-refractivity contribution in [3.05, 3.63) is 0 Å². The molecule has 102 valence electrons. The van der Waals surface area contributed by atoms with E-state index < -0.39 is 0 Å². The van der Waals surface area contributed by atoms with Gasteiger partial charge in [0.05, 0.1) is 6.61 Å². The molecule has 1 rings (SSSR count). The molecule has 4 heteroatoms. The Morgan fingerprint density at radius 2 is 1.94 bits per heavy atom. The van der Waals surface area contributed by atoms with Crippen molar-refractivity contribution in [2.45, 2.75) is 31.7 Å². The van der Waals surface area contributed by atoms with Crippen molar-refractivity contribution in [2.75, 3.05) is 47.1 Å². The third kappa shape index (κ3) is 5.34. The standard InChI is InChI=1S/C13H28N2O2/c1-16-10-12-5-8-15(9-6-12)13(11-17-2)4-3-7-14/h12-13H,3-11,14H2,1-2H3. The molecule has 0 aromatic rings. The summed E-state index contributed by atoms with van der Waals surface area (Å²) in [7, 11) is 3.58. The summed E-state index contributed by atoms with van der Waals surface area (Å²) >= 11 is 0. The first kappa shape index (κ1) is 14.9. The topological polar surface area (TPSA) is 47.7 Å². The van der Waals surface area contributed by atoms with Crippen LogP contribution < -0.4 is 5.73 Å². The Hall–Kier alpha value is -0.160. The average molecular weight is 244 g/mol. The van der Waals surface area contributed by atoms with E-state index in [2.05, 4.69) is 4.90 Å². The molecule has 1 fully saturated rings. The number of likely N-dealkylation sites (tertiary alicyclic amines) is 1. The molecule has 0 amide bonds. The van der Waals surface area contributed by atoms with Gasteiger partial charge in [0, 0.05) is 26.9 Å². The highest BCUT2D eigenvalue weighted by Gasteiger charge is 2.24. The van der Waals surface area contributed by atoms with Crippen LogP contribution in [-0.2, 0) is 9.47 Å². The molecule has 1 aliphatic rings. The van der Waals surface area contributed by atoms with Gasteiger partial charge in [0.2, 0.25) is 0 Å². The minimum absolute atomic E-state index is 0.548. The second-order valence-corrected chi connectivity index (χ2v) is 4.97. The quantitative estimate of drug-likeness (QED) is 0.694. The first-order valence-electron chi connectivity index (χ1n) is 6.73. The molecule has 0 aromatic carbocycles.